The molecule has 2 aromatic carbocycles. The topological polar surface area (TPSA) is 116 Å². The molecule has 28 heavy (non-hydrogen) atoms. The number of nitriles is 1. The molecule has 4 N–H and O–H groups in total. The van der Waals surface area contributed by atoms with E-state index in [2.05, 4.69) is 11.1 Å². The van der Waals surface area contributed by atoms with Crippen LogP contribution in [0, 0.1) is 11.3 Å². The molecule has 2 aliphatic rings. The van der Waals surface area contributed by atoms with Crippen molar-refractivity contribution in [1.82, 2.24) is 4.98 Å². The highest BCUT2D eigenvalue weighted by Crippen LogP contribution is 2.45. The molecule has 5 rings (SSSR count). The molecule has 0 bridgehead atoms. The summed E-state index contributed by atoms with van der Waals surface area (Å²) in [5.41, 5.74) is 14.7. The molecule has 0 fully saturated rings. The summed E-state index contributed by atoms with van der Waals surface area (Å²) >= 11 is 6.53. The highest BCUT2D eigenvalue weighted by Gasteiger charge is 2.33. The molecular formula is C20H13ClN4O3. The number of fused-ring (bicyclic) bond motifs is 3. The number of pyridine rings is 1. The maximum atomic E-state index is 9.71. The molecule has 0 saturated carbocycles. The van der Waals surface area contributed by atoms with Gasteiger partial charge < -0.3 is 25.7 Å². The summed E-state index contributed by atoms with van der Waals surface area (Å²) in [5.74, 6) is 1.25. The van der Waals surface area contributed by atoms with Crippen molar-refractivity contribution in [3.63, 3.8) is 0 Å². The Morgan fingerprint density at radius 2 is 1.82 bits per heavy atom. The van der Waals surface area contributed by atoms with E-state index < -0.39 is 5.92 Å². The summed E-state index contributed by atoms with van der Waals surface area (Å²) < 4.78 is 16.5. The lowest BCUT2D eigenvalue weighted by Gasteiger charge is -2.27. The van der Waals surface area contributed by atoms with Gasteiger partial charge in [-0.25, -0.2) is 4.98 Å². The first-order valence-electron chi connectivity index (χ1n) is 8.42. The Morgan fingerprint density at radius 3 is 2.61 bits per heavy atom. The van der Waals surface area contributed by atoms with E-state index >= 15 is 0 Å². The molecule has 2 aliphatic heterocycles. The summed E-state index contributed by atoms with van der Waals surface area (Å²) in [4.78, 5) is 4.50. The van der Waals surface area contributed by atoms with Crippen LogP contribution in [0.25, 0.3) is 10.9 Å². The Bertz CT molecular complexity index is 1230. The van der Waals surface area contributed by atoms with Crippen molar-refractivity contribution in [2.24, 2.45) is 5.73 Å². The number of rotatable bonds is 1. The first-order valence-corrected chi connectivity index (χ1v) is 8.80. The van der Waals surface area contributed by atoms with Crippen molar-refractivity contribution in [2.75, 3.05) is 12.5 Å². The van der Waals surface area contributed by atoms with Crippen molar-refractivity contribution < 1.29 is 14.2 Å². The van der Waals surface area contributed by atoms with Gasteiger partial charge in [0.05, 0.1) is 11.4 Å². The quantitative estimate of drug-likeness (QED) is 0.481. The zero-order valence-corrected chi connectivity index (χ0v) is 15.2. The first kappa shape index (κ1) is 16.5. The van der Waals surface area contributed by atoms with Gasteiger partial charge in [0.1, 0.15) is 22.5 Å². The third-order valence-corrected chi connectivity index (χ3v) is 5.15. The Balaban J connectivity index is 1.75. The number of nitrogen functional groups attached to an aromatic ring is 1. The van der Waals surface area contributed by atoms with Crippen molar-refractivity contribution in [2.45, 2.75) is 5.92 Å². The van der Waals surface area contributed by atoms with E-state index in [4.69, 9.17) is 37.3 Å². The molecule has 7 nitrogen and oxygen atoms in total. The fourth-order valence-electron chi connectivity index (χ4n) is 3.55. The van der Waals surface area contributed by atoms with Crippen LogP contribution in [0.2, 0.25) is 5.15 Å². The SMILES string of the molecule is N#CC1=C(N)Oc2cc(N)ccc2[C@@H]1c1cc2cc3c(cc2nc1Cl)OCO3. The molecule has 1 atom stereocenters. The lowest BCUT2D eigenvalue weighted by molar-refractivity contribution is 0.174. The minimum absolute atomic E-state index is 0.0208. The lowest BCUT2D eigenvalue weighted by Crippen LogP contribution is -2.21. The van der Waals surface area contributed by atoms with Crippen LogP contribution in [0.5, 0.6) is 17.2 Å². The number of nitrogens with two attached hydrogens (primary N) is 2. The normalized spacial score (nSPS) is 17.2. The monoisotopic (exact) mass is 392 g/mol. The zero-order chi connectivity index (χ0) is 19.4. The van der Waals surface area contributed by atoms with E-state index in [0.717, 1.165) is 10.9 Å². The second-order valence-corrected chi connectivity index (χ2v) is 6.85. The number of allylic oxidation sites excluding steroid dienone is 1. The predicted octanol–water partition coefficient (Wildman–Crippen LogP) is 3.42. The molecular weight excluding hydrogens is 380 g/mol. The standard InChI is InChI=1S/C20H13ClN4O3/c21-19-12(3-9-4-16-17(27-8-26-16)6-14(9)25-19)18-11-2-1-10(23)5-15(11)28-20(24)13(18)7-22/h1-6,18H,8,23-24H2/t18-/m1/s1. The van der Waals surface area contributed by atoms with E-state index in [-0.39, 0.29) is 23.4 Å². The van der Waals surface area contributed by atoms with E-state index in [1.165, 1.54) is 0 Å². The van der Waals surface area contributed by atoms with Crippen LogP contribution in [0.15, 0.2) is 47.9 Å². The van der Waals surface area contributed by atoms with Crippen molar-refractivity contribution in [3.8, 4) is 23.3 Å². The number of hydrogen-bond donors (Lipinski definition) is 2. The molecule has 1 aromatic heterocycles. The third kappa shape index (κ3) is 2.39. The highest BCUT2D eigenvalue weighted by molar-refractivity contribution is 6.30. The molecule has 0 spiro atoms. The molecule has 8 heteroatoms. The van der Waals surface area contributed by atoms with Crippen molar-refractivity contribution in [3.05, 3.63) is 64.1 Å². The molecule has 3 heterocycles. The lowest BCUT2D eigenvalue weighted by atomic mass is 9.83. The van der Waals surface area contributed by atoms with E-state index in [1.807, 2.05) is 12.1 Å². The average molecular weight is 393 g/mol. The number of ether oxygens (including phenoxy) is 3. The predicted molar refractivity (Wildman–Crippen MR) is 103 cm³/mol. The van der Waals surface area contributed by atoms with Gasteiger partial charge in [0.25, 0.3) is 0 Å². The summed E-state index contributed by atoms with van der Waals surface area (Å²) in [5, 5.41) is 10.8. The van der Waals surface area contributed by atoms with Gasteiger partial charge in [-0.2, -0.15) is 5.26 Å². The Kier molecular flexibility index (Phi) is 3.51. The largest absolute Gasteiger partial charge is 0.454 e. The van der Waals surface area contributed by atoms with Crippen LogP contribution in [-0.2, 0) is 0 Å². The second-order valence-electron chi connectivity index (χ2n) is 6.49. The number of nitrogens with zero attached hydrogens (tertiary/aromatic N) is 2. The van der Waals surface area contributed by atoms with Crippen LogP contribution >= 0.6 is 11.6 Å². The minimum Gasteiger partial charge on any atom is -0.454 e. The Morgan fingerprint density at radius 1 is 1.04 bits per heavy atom. The van der Waals surface area contributed by atoms with Gasteiger partial charge in [0.15, 0.2) is 11.5 Å². The molecule has 3 aromatic rings. The summed E-state index contributed by atoms with van der Waals surface area (Å²) in [7, 11) is 0. The van der Waals surface area contributed by atoms with Crippen LogP contribution in [0.1, 0.15) is 17.0 Å². The summed E-state index contributed by atoms with van der Waals surface area (Å²) in [6.45, 7) is 0.166. The van der Waals surface area contributed by atoms with Gasteiger partial charge in [-0.1, -0.05) is 17.7 Å². The number of anilines is 1. The van der Waals surface area contributed by atoms with Crippen LogP contribution in [0.3, 0.4) is 0 Å². The van der Waals surface area contributed by atoms with Crippen LogP contribution in [-0.4, -0.2) is 11.8 Å². The Labute approximate surface area is 164 Å². The van der Waals surface area contributed by atoms with Crippen LogP contribution < -0.4 is 25.7 Å². The smallest absolute Gasteiger partial charge is 0.231 e. The van der Waals surface area contributed by atoms with Crippen LogP contribution in [0.4, 0.5) is 5.69 Å². The number of halogens is 1. The van der Waals surface area contributed by atoms with Gasteiger partial charge in [-0.05, 0) is 18.2 Å². The second kappa shape index (κ2) is 5.94. The van der Waals surface area contributed by atoms with E-state index in [9.17, 15) is 5.26 Å². The molecule has 0 aliphatic carbocycles. The van der Waals surface area contributed by atoms with Gasteiger partial charge in [-0.15, -0.1) is 0 Å². The summed E-state index contributed by atoms with van der Waals surface area (Å²) in [6.07, 6.45) is 0. The minimum atomic E-state index is -0.524. The van der Waals surface area contributed by atoms with Crippen molar-refractivity contribution in [1.29, 1.82) is 5.26 Å². The average Bonchev–Trinajstić information content (AvgIpc) is 3.11. The number of hydrogen-bond acceptors (Lipinski definition) is 7. The fourth-order valence-corrected chi connectivity index (χ4v) is 3.81. The Hall–Kier alpha value is -3.63. The molecule has 0 amide bonds. The fraction of sp³-hybridized carbons (Fsp3) is 0.100. The molecule has 0 unspecified atom stereocenters. The van der Waals surface area contributed by atoms with Gasteiger partial charge in [0.2, 0.25) is 12.7 Å². The highest BCUT2D eigenvalue weighted by atomic mass is 35.5. The van der Waals surface area contributed by atoms with Gasteiger partial charge in [-0.3, -0.25) is 0 Å². The van der Waals surface area contributed by atoms with E-state index in [1.54, 1.807) is 24.3 Å². The third-order valence-electron chi connectivity index (χ3n) is 4.84. The number of benzene rings is 2. The maximum absolute atomic E-state index is 9.71. The summed E-state index contributed by atoms with van der Waals surface area (Å²) in [6, 6.07) is 12.9. The zero-order valence-electron chi connectivity index (χ0n) is 14.4. The molecule has 138 valence electrons. The first-order chi connectivity index (χ1) is 13.5. The van der Waals surface area contributed by atoms with E-state index in [0.29, 0.717) is 34.0 Å². The molecule has 0 saturated heterocycles. The molecule has 0 radical (unpaired) electrons. The maximum Gasteiger partial charge on any atom is 0.231 e. The van der Waals surface area contributed by atoms with Crippen molar-refractivity contribution >= 4 is 28.2 Å². The number of aromatic nitrogens is 1. The van der Waals surface area contributed by atoms with Gasteiger partial charge >= 0.3 is 0 Å². The van der Waals surface area contributed by atoms with Gasteiger partial charge in [0, 0.05) is 34.3 Å².